The van der Waals surface area contributed by atoms with Crippen molar-refractivity contribution in [1.82, 2.24) is 19.5 Å². The second-order valence-corrected chi connectivity index (χ2v) is 6.69. The Bertz CT molecular complexity index is 976. The van der Waals surface area contributed by atoms with Crippen LogP contribution in [0.5, 0.6) is 0 Å². The van der Waals surface area contributed by atoms with Crippen LogP contribution < -0.4 is 0 Å². The summed E-state index contributed by atoms with van der Waals surface area (Å²) in [5.74, 6) is 0. The van der Waals surface area contributed by atoms with Gasteiger partial charge in [0.2, 0.25) is 0 Å². The van der Waals surface area contributed by atoms with Gasteiger partial charge in [0.1, 0.15) is 29.5 Å². The van der Waals surface area contributed by atoms with Gasteiger partial charge in [0.05, 0.1) is 19.3 Å². The summed E-state index contributed by atoms with van der Waals surface area (Å²) in [6.07, 6.45) is -0.247. The summed E-state index contributed by atoms with van der Waals surface area (Å²) in [6.45, 7) is -0.418. The van der Waals surface area contributed by atoms with Crippen molar-refractivity contribution in [2.75, 3.05) is 6.61 Å². The average molecular weight is 374 g/mol. The van der Waals surface area contributed by atoms with Crippen LogP contribution in [0.3, 0.4) is 0 Å². The van der Waals surface area contributed by atoms with Crippen LogP contribution in [-0.4, -0.2) is 59.8 Å². The van der Waals surface area contributed by atoms with Gasteiger partial charge in [-0.3, -0.25) is 4.57 Å². The molecule has 0 amide bonds. The van der Waals surface area contributed by atoms with E-state index in [0.29, 0.717) is 15.8 Å². The summed E-state index contributed by atoms with van der Waals surface area (Å²) in [4.78, 5) is 11.3. The number of rotatable bonds is 4. The number of aliphatic hydroxyl groups excluding tert-OH is 3. The number of aromatic amines is 1. The molecule has 0 unspecified atom stereocenters. The van der Waals surface area contributed by atoms with Crippen molar-refractivity contribution in [3.05, 3.63) is 53.2 Å². The van der Waals surface area contributed by atoms with Crippen LogP contribution in [-0.2, 0) is 16.9 Å². The number of fused-ring (bicyclic) bond motifs is 1. The zero-order valence-electron chi connectivity index (χ0n) is 13.7. The van der Waals surface area contributed by atoms with Gasteiger partial charge in [0, 0.05) is 6.42 Å². The van der Waals surface area contributed by atoms with Gasteiger partial charge in [0.15, 0.2) is 10.4 Å². The van der Waals surface area contributed by atoms with Crippen LogP contribution in [0.25, 0.3) is 11.2 Å². The molecule has 8 nitrogen and oxygen atoms in total. The minimum absolute atomic E-state index is 0.261. The molecule has 1 aliphatic rings. The fraction of sp³-hybridized carbons (Fsp3) is 0.353. The van der Waals surface area contributed by atoms with Gasteiger partial charge in [0.25, 0.3) is 0 Å². The fourth-order valence-electron chi connectivity index (χ4n) is 3.48. The lowest BCUT2D eigenvalue weighted by atomic mass is 9.95. The SMILES string of the molecule is OC[C@H]1O[C@@](Cc2ccccc2)(n2cnc3c(=S)nc[nH]c32)[C@H](O)[C@@H]1O. The number of H-pyrrole nitrogens is 1. The van der Waals surface area contributed by atoms with Gasteiger partial charge in [-0.25, -0.2) is 9.97 Å². The largest absolute Gasteiger partial charge is 0.394 e. The van der Waals surface area contributed by atoms with E-state index in [1.54, 1.807) is 4.57 Å². The molecule has 3 heterocycles. The number of aliphatic hydroxyl groups is 3. The molecular weight excluding hydrogens is 356 g/mol. The molecule has 1 aromatic carbocycles. The molecule has 0 saturated carbocycles. The molecule has 1 aliphatic heterocycles. The Labute approximate surface area is 153 Å². The molecule has 4 rings (SSSR count). The molecule has 0 radical (unpaired) electrons. The lowest BCUT2D eigenvalue weighted by Crippen LogP contribution is -2.47. The summed E-state index contributed by atoms with van der Waals surface area (Å²) < 4.78 is 7.96. The van der Waals surface area contributed by atoms with Crippen LogP contribution in [0.1, 0.15) is 5.56 Å². The molecule has 9 heteroatoms. The lowest BCUT2D eigenvalue weighted by molar-refractivity contribution is -0.145. The lowest BCUT2D eigenvalue weighted by Gasteiger charge is -2.34. The molecule has 0 bridgehead atoms. The Morgan fingerprint density at radius 3 is 2.69 bits per heavy atom. The summed E-state index contributed by atoms with van der Waals surface area (Å²) >= 11 is 5.21. The van der Waals surface area contributed by atoms with Gasteiger partial charge in [-0.1, -0.05) is 42.5 Å². The monoisotopic (exact) mass is 374 g/mol. The Kier molecular flexibility index (Phi) is 4.33. The van der Waals surface area contributed by atoms with E-state index in [1.165, 1.54) is 12.7 Å². The van der Waals surface area contributed by atoms with E-state index in [-0.39, 0.29) is 6.42 Å². The number of nitrogens with one attached hydrogen (secondary N) is 1. The van der Waals surface area contributed by atoms with Gasteiger partial charge in [-0.05, 0) is 5.56 Å². The number of ether oxygens (including phenoxy) is 1. The van der Waals surface area contributed by atoms with Crippen LogP contribution in [0, 0.1) is 4.64 Å². The van der Waals surface area contributed by atoms with Crippen molar-refractivity contribution in [2.45, 2.75) is 30.5 Å². The maximum atomic E-state index is 10.9. The molecule has 1 saturated heterocycles. The predicted molar refractivity (Wildman–Crippen MR) is 94.8 cm³/mol. The highest BCUT2D eigenvalue weighted by molar-refractivity contribution is 7.71. The molecule has 136 valence electrons. The number of nitrogens with zero attached hydrogens (tertiary/aromatic N) is 3. The first kappa shape index (κ1) is 17.3. The molecule has 3 aromatic rings. The highest BCUT2D eigenvalue weighted by Crippen LogP contribution is 2.40. The molecule has 4 atom stereocenters. The van der Waals surface area contributed by atoms with E-state index >= 15 is 0 Å². The standard InChI is InChI=1S/C17H18N4O4S/c22-7-11-13(23)14(24)17(25-11,6-10-4-2-1-3-5-10)21-9-20-12-15(21)18-8-19-16(12)26/h1-5,8-9,11,13-14,22-24H,6-7H2,(H,18,19,26)/t11-,13-,14-,17-/m1/s1. The predicted octanol–water partition coefficient (Wildman–Crippen LogP) is 0.497. The molecule has 1 fully saturated rings. The van der Waals surface area contributed by atoms with E-state index < -0.39 is 30.6 Å². The third kappa shape index (κ3) is 2.56. The number of imidazole rings is 1. The van der Waals surface area contributed by atoms with E-state index in [0.717, 1.165) is 5.56 Å². The Morgan fingerprint density at radius 2 is 2.00 bits per heavy atom. The van der Waals surface area contributed by atoms with E-state index in [4.69, 9.17) is 17.0 Å². The first-order chi connectivity index (χ1) is 12.6. The smallest absolute Gasteiger partial charge is 0.180 e. The number of aromatic nitrogens is 4. The van der Waals surface area contributed by atoms with Crippen LogP contribution in [0.4, 0.5) is 0 Å². The summed E-state index contributed by atoms with van der Waals surface area (Å²) in [5, 5.41) is 30.8. The Balaban J connectivity index is 1.91. The highest BCUT2D eigenvalue weighted by Gasteiger charge is 2.55. The van der Waals surface area contributed by atoms with E-state index in [1.807, 2.05) is 30.3 Å². The Hall–Kier alpha value is -2.17. The van der Waals surface area contributed by atoms with Crippen molar-refractivity contribution >= 4 is 23.4 Å². The van der Waals surface area contributed by atoms with E-state index in [9.17, 15) is 15.3 Å². The molecular formula is C17H18N4O4S. The number of hydrogen-bond donors (Lipinski definition) is 4. The summed E-state index contributed by atoms with van der Waals surface area (Å²) in [5.41, 5.74) is 0.521. The van der Waals surface area contributed by atoms with Crippen LogP contribution >= 0.6 is 12.2 Å². The van der Waals surface area contributed by atoms with Gasteiger partial charge in [-0.15, -0.1) is 0 Å². The van der Waals surface area contributed by atoms with Crippen molar-refractivity contribution in [3.63, 3.8) is 0 Å². The number of hydrogen-bond acceptors (Lipinski definition) is 7. The van der Waals surface area contributed by atoms with Crippen LogP contribution in [0.15, 0.2) is 43.0 Å². The average Bonchev–Trinajstić information content (AvgIpc) is 3.19. The first-order valence-electron chi connectivity index (χ1n) is 8.17. The molecule has 26 heavy (non-hydrogen) atoms. The highest BCUT2D eigenvalue weighted by atomic mass is 32.1. The first-order valence-corrected chi connectivity index (χ1v) is 8.57. The van der Waals surface area contributed by atoms with Crippen LogP contribution in [0.2, 0.25) is 0 Å². The fourth-order valence-corrected chi connectivity index (χ4v) is 3.68. The second-order valence-electron chi connectivity index (χ2n) is 6.30. The second kappa shape index (κ2) is 6.53. The minimum Gasteiger partial charge on any atom is -0.394 e. The molecule has 4 N–H and O–H groups in total. The Morgan fingerprint density at radius 1 is 1.23 bits per heavy atom. The topological polar surface area (TPSA) is 116 Å². The van der Waals surface area contributed by atoms with Gasteiger partial charge < -0.3 is 25.0 Å². The molecule has 0 spiro atoms. The minimum atomic E-state index is -1.36. The summed E-state index contributed by atoms with van der Waals surface area (Å²) in [7, 11) is 0. The van der Waals surface area contributed by atoms with E-state index in [2.05, 4.69) is 15.0 Å². The maximum absolute atomic E-state index is 10.9. The molecule has 0 aliphatic carbocycles. The normalized spacial score (nSPS) is 28.7. The number of benzene rings is 1. The third-order valence-corrected chi connectivity index (χ3v) is 5.06. The van der Waals surface area contributed by atoms with Crippen molar-refractivity contribution in [2.24, 2.45) is 0 Å². The van der Waals surface area contributed by atoms with Gasteiger partial charge >= 0.3 is 0 Å². The third-order valence-electron chi connectivity index (χ3n) is 4.76. The zero-order chi connectivity index (χ0) is 18.3. The van der Waals surface area contributed by atoms with Crippen molar-refractivity contribution in [1.29, 1.82) is 0 Å². The molecule has 2 aromatic heterocycles. The maximum Gasteiger partial charge on any atom is 0.180 e. The van der Waals surface area contributed by atoms with Crippen molar-refractivity contribution < 1.29 is 20.1 Å². The zero-order valence-corrected chi connectivity index (χ0v) is 14.5. The van der Waals surface area contributed by atoms with Gasteiger partial charge in [-0.2, -0.15) is 0 Å². The van der Waals surface area contributed by atoms with Crippen molar-refractivity contribution in [3.8, 4) is 0 Å². The summed E-state index contributed by atoms with van der Waals surface area (Å²) in [6, 6.07) is 9.46. The quantitative estimate of drug-likeness (QED) is 0.491.